The van der Waals surface area contributed by atoms with Gasteiger partial charge in [0.25, 0.3) is 0 Å². The van der Waals surface area contributed by atoms with Crippen LogP contribution in [-0.4, -0.2) is 10.2 Å². The largest absolute Gasteiger partial charge is 0.423 e. The highest BCUT2D eigenvalue weighted by molar-refractivity contribution is 9.10. The van der Waals surface area contributed by atoms with E-state index in [0.29, 0.717) is 5.89 Å². The molecule has 0 bridgehead atoms. The molecule has 0 spiro atoms. The molecule has 106 valence electrons. The molecule has 1 aromatic heterocycles. The van der Waals surface area contributed by atoms with Gasteiger partial charge < -0.3 is 9.73 Å². The predicted octanol–water partition coefficient (Wildman–Crippen LogP) is 4.67. The summed E-state index contributed by atoms with van der Waals surface area (Å²) in [5.74, 6) is 0.530. The third kappa shape index (κ3) is 3.31. The molecule has 4 nitrogen and oxygen atoms in total. The Balaban J connectivity index is 1.71. The van der Waals surface area contributed by atoms with Crippen molar-refractivity contribution in [3.05, 3.63) is 65.0 Å². The van der Waals surface area contributed by atoms with Crippen LogP contribution in [0.5, 0.6) is 0 Å². The van der Waals surface area contributed by atoms with Gasteiger partial charge in [-0.05, 0) is 48.9 Å². The van der Waals surface area contributed by atoms with Crippen LogP contribution in [0.1, 0.15) is 18.5 Å². The third-order valence-corrected chi connectivity index (χ3v) is 3.77. The fourth-order valence-electron chi connectivity index (χ4n) is 2.09. The van der Waals surface area contributed by atoms with Crippen molar-refractivity contribution >= 4 is 21.6 Å². The lowest BCUT2D eigenvalue weighted by atomic mass is 10.1. The van der Waals surface area contributed by atoms with Crippen LogP contribution in [0.15, 0.2) is 63.8 Å². The smallest absolute Gasteiger partial charge is 0.247 e. The SMILES string of the molecule is CC(Nc1ccc(-c2nnco2)cc1)c1ccc(Br)cc1. The van der Waals surface area contributed by atoms with Crippen LogP contribution in [0.3, 0.4) is 0 Å². The van der Waals surface area contributed by atoms with Gasteiger partial charge in [-0.1, -0.05) is 28.1 Å². The molecule has 0 amide bonds. The van der Waals surface area contributed by atoms with Gasteiger partial charge in [0.15, 0.2) is 0 Å². The first-order valence-electron chi connectivity index (χ1n) is 6.61. The first-order chi connectivity index (χ1) is 10.2. The van der Waals surface area contributed by atoms with Crippen LogP contribution in [0, 0.1) is 0 Å². The Kier molecular flexibility index (Phi) is 4.01. The Morgan fingerprint density at radius 1 is 1.05 bits per heavy atom. The van der Waals surface area contributed by atoms with Crippen molar-refractivity contribution in [1.82, 2.24) is 10.2 Å². The van der Waals surface area contributed by atoms with Gasteiger partial charge in [0.2, 0.25) is 12.3 Å². The van der Waals surface area contributed by atoms with Crippen LogP contribution in [0.2, 0.25) is 0 Å². The van der Waals surface area contributed by atoms with Crippen LogP contribution in [0.25, 0.3) is 11.5 Å². The van der Waals surface area contributed by atoms with E-state index in [-0.39, 0.29) is 6.04 Å². The highest BCUT2D eigenvalue weighted by Crippen LogP contribution is 2.23. The lowest BCUT2D eigenvalue weighted by Crippen LogP contribution is -2.06. The second-order valence-corrected chi connectivity index (χ2v) is 5.65. The minimum Gasteiger partial charge on any atom is -0.423 e. The molecular weight excluding hydrogens is 330 g/mol. The Bertz CT molecular complexity index is 693. The van der Waals surface area contributed by atoms with Crippen molar-refractivity contribution in [3.63, 3.8) is 0 Å². The van der Waals surface area contributed by atoms with E-state index < -0.39 is 0 Å². The Labute approximate surface area is 131 Å². The van der Waals surface area contributed by atoms with Gasteiger partial charge >= 0.3 is 0 Å². The number of hydrogen-bond acceptors (Lipinski definition) is 4. The summed E-state index contributed by atoms with van der Waals surface area (Å²) in [6, 6.07) is 16.5. The highest BCUT2D eigenvalue weighted by Gasteiger charge is 2.07. The standard InChI is InChI=1S/C16H14BrN3O/c1-11(12-2-6-14(17)7-3-12)19-15-8-4-13(5-9-15)16-20-18-10-21-16/h2-11,19H,1H3. The van der Waals surface area contributed by atoms with Crippen molar-refractivity contribution in [3.8, 4) is 11.5 Å². The minimum absolute atomic E-state index is 0.229. The van der Waals surface area contributed by atoms with Gasteiger partial charge in [-0.15, -0.1) is 10.2 Å². The number of benzene rings is 2. The summed E-state index contributed by atoms with van der Waals surface area (Å²) in [5, 5.41) is 11.0. The first-order valence-corrected chi connectivity index (χ1v) is 7.40. The highest BCUT2D eigenvalue weighted by atomic mass is 79.9. The van der Waals surface area contributed by atoms with Crippen LogP contribution < -0.4 is 5.32 Å². The zero-order valence-corrected chi connectivity index (χ0v) is 13.0. The van der Waals surface area contributed by atoms with E-state index in [9.17, 15) is 0 Å². The molecule has 0 aliphatic carbocycles. The molecule has 3 rings (SSSR count). The molecule has 0 saturated heterocycles. The second kappa shape index (κ2) is 6.10. The molecule has 21 heavy (non-hydrogen) atoms. The third-order valence-electron chi connectivity index (χ3n) is 3.25. The fourth-order valence-corrected chi connectivity index (χ4v) is 2.36. The topological polar surface area (TPSA) is 51.0 Å². The molecular formula is C16H14BrN3O. The Hall–Kier alpha value is -2.14. The summed E-state index contributed by atoms with van der Waals surface area (Å²) in [7, 11) is 0. The van der Waals surface area contributed by atoms with Crippen LogP contribution in [0.4, 0.5) is 5.69 Å². The average Bonchev–Trinajstić information content (AvgIpc) is 3.03. The predicted molar refractivity (Wildman–Crippen MR) is 85.9 cm³/mol. The van der Waals surface area contributed by atoms with Gasteiger partial charge in [-0.2, -0.15) is 0 Å². The molecule has 3 aromatic rings. The molecule has 5 heteroatoms. The Morgan fingerprint density at radius 2 is 1.76 bits per heavy atom. The van der Waals surface area contributed by atoms with E-state index in [1.54, 1.807) is 0 Å². The van der Waals surface area contributed by atoms with E-state index in [4.69, 9.17) is 4.42 Å². The fraction of sp³-hybridized carbons (Fsp3) is 0.125. The summed E-state index contributed by atoms with van der Waals surface area (Å²) < 4.78 is 6.26. The van der Waals surface area contributed by atoms with Gasteiger partial charge in [0.05, 0.1) is 0 Å². The number of hydrogen-bond donors (Lipinski definition) is 1. The monoisotopic (exact) mass is 343 g/mol. The van der Waals surface area contributed by atoms with Crippen LogP contribution >= 0.6 is 15.9 Å². The summed E-state index contributed by atoms with van der Waals surface area (Å²) in [6.07, 6.45) is 1.33. The maximum atomic E-state index is 5.17. The van der Waals surface area contributed by atoms with Crippen LogP contribution in [-0.2, 0) is 0 Å². The molecule has 0 aliphatic heterocycles. The number of halogens is 1. The number of aromatic nitrogens is 2. The molecule has 0 aliphatic rings. The maximum Gasteiger partial charge on any atom is 0.247 e. The summed E-state index contributed by atoms with van der Waals surface area (Å²) in [4.78, 5) is 0. The number of nitrogens with one attached hydrogen (secondary N) is 1. The van der Waals surface area contributed by atoms with Gasteiger partial charge in [-0.3, -0.25) is 0 Å². The number of rotatable bonds is 4. The van der Waals surface area contributed by atoms with E-state index in [1.807, 2.05) is 36.4 Å². The molecule has 1 unspecified atom stereocenters. The molecule has 0 fully saturated rings. The second-order valence-electron chi connectivity index (χ2n) is 4.74. The zero-order chi connectivity index (χ0) is 14.7. The summed E-state index contributed by atoms with van der Waals surface area (Å²) in [5.41, 5.74) is 3.20. The normalized spacial score (nSPS) is 12.1. The zero-order valence-electron chi connectivity index (χ0n) is 11.5. The van der Waals surface area contributed by atoms with Crippen molar-refractivity contribution in [2.24, 2.45) is 0 Å². The van der Waals surface area contributed by atoms with Gasteiger partial charge in [0.1, 0.15) is 0 Å². The summed E-state index contributed by atoms with van der Waals surface area (Å²) >= 11 is 3.45. The van der Waals surface area contributed by atoms with E-state index in [1.165, 1.54) is 12.0 Å². The Morgan fingerprint density at radius 3 is 2.38 bits per heavy atom. The van der Waals surface area contributed by atoms with E-state index >= 15 is 0 Å². The molecule has 1 N–H and O–H groups in total. The lowest BCUT2D eigenvalue weighted by molar-refractivity contribution is 0.568. The molecule has 2 aromatic carbocycles. The van der Waals surface area contributed by atoms with E-state index in [0.717, 1.165) is 15.7 Å². The van der Waals surface area contributed by atoms with Crippen molar-refractivity contribution in [1.29, 1.82) is 0 Å². The number of anilines is 1. The first kappa shape index (κ1) is 13.8. The number of nitrogens with zero attached hydrogens (tertiary/aromatic N) is 2. The molecule has 1 heterocycles. The van der Waals surface area contributed by atoms with Crippen molar-refractivity contribution in [2.45, 2.75) is 13.0 Å². The molecule has 0 saturated carbocycles. The molecule has 0 radical (unpaired) electrons. The quantitative estimate of drug-likeness (QED) is 0.747. The van der Waals surface area contributed by atoms with Gasteiger partial charge in [-0.25, -0.2) is 0 Å². The molecule has 1 atom stereocenters. The van der Waals surface area contributed by atoms with Crippen molar-refractivity contribution in [2.75, 3.05) is 5.32 Å². The van der Waals surface area contributed by atoms with Gasteiger partial charge in [0, 0.05) is 21.8 Å². The minimum atomic E-state index is 0.229. The summed E-state index contributed by atoms with van der Waals surface area (Å²) in [6.45, 7) is 2.13. The maximum absolute atomic E-state index is 5.17. The van der Waals surface area contributed by atoms with Crippen molar-refractivity contribution < 1.29 is 4.42 Å². The lowest BCUT2D eigenvalue weighted by Gasteiger charge is -2.16. The van der Waals surface area contributed by atoms with E-state index in [2.05, 4.69) is 50.5 Å². The average molecular weight is 344 g/mol.